The summed E-state index contributed by atoms with van der Waals surface area (Å²) >= 11 is 0. The van der Waals surface area contributed by atoms with E-state index >= 15 is 0 Å². The van der Waals surface area contributed by atoms with E-state index < -0.39 is 24.1 Å². The van der Waals surface area contributed by atoms with E-state index in [2.05, 4.69) is 34.3 Å². The van der Waals surface area contributed by atoms with Gasteiger partial charge in [0, 0.05) is 24.8 Å². The number of anilines is 1. The number of likely N-dealkylation sites (tertiary alicyclic amines) is 1. The molecule has 0 aliphatic carbocycles. The van der Waals surface area contributed by atoms with Crippen LogP contribution < -0.4 is 15.0 Å². The molecule has 2 aliphatic rings. The number of amides is 2. The fourth-order valence-corrected chi connectivity index (χ4v) is 5.11. The van der Waals surface area contributed by atoms with Crippen molar-refractivity contribution >= 4 is 17.6 Å². The molecule has 0 bridgehead atoms. The Morgan fingerprint density at radius 1 is 1.20 bits per heavy atom. The van der Waals surface area contributed by atoms with Crippen molar-refractivity contribution in [2.75, 3.05) is 18.1 Å². The predicted molar refractivity (Wildman–Crippen MR) is 134 cm³/mol. The summed E-state index contributed by atoms with van der Waals surface area (Å²) in [6.45, 7) is 8.63. The van der Waals surface area contributed by atoms with E-state index in [1.165, 1.54) is 12.1 Å². The van der Waals surface area contributed by atoms with E-state index in [0.717, 1.165) is 17.9 Å². The number of aliphatic imine (C=N–C) groups is 1. The van der Waals surface area contributed by atoms with Crippen LogP contribution in [0, 0.1) is 5.82 Å². The molecular weight excluding hydrogens is 450 g/mol. The first kappa shape index (κ1) is 25.1. The number of nitrogens with zero attached hydrogens (tertiary/aromatic N) is 3. The molecule has 2 aliphatic heterocycles. The highest BCUT2D eigenvalue weighted by Gasteiger charge is 2.54. The molecule has 3 unspecified atom stereocenters. The second-order valence-electron chi connectivity index (χ2n) is 9.85. The van der Waals surface area contributed by atoms with Gasteiger partial charge in [0.1, 0.15) is 29.6 Å². The zero-order valence-corrected chi connectivity index (χ0v) is 20.8. The van der Waals surface area contributed by atoms with Crippen LogP contribution in [-0.2, 0) is 6.54 Å². The van der Waals surface area contributed by atoms with Gasteiger partial charge in [-0.05, 0) is 76.4 Å². The number of hydrogen-bond acceptors (Lipinski definition) is 4. The Morgan fingerprint density at radius 3 is 2.66 bits per heavy atom. The summed E-state index contributed by atoms with van der Waals surface area (Å²) in [5, 5.41) is 2.87. The number of hydrogen-bond donors (Lipinski definition) is 1. The monoisotopic (exact) mass is 484 g/mol. The zero-order valence-electron chi connectivity index (χ0n) is 20.8. The zero-order chi connectivity index (χ0) is 25.2. The lowest BCUT2D eigenvalue weighted by Crippen LogP contribution is -2.59. The highest BCUT2D eigenvalue weighted by molar-refractivity contribution is 6.19. The molecule has 2 aromatic carbocycles. The molecule has 188 valence electrons. The number of benzene rings is 2. The number of rotatable bonds is 7. The minimum atomic E-state index is -0.785. The van der Waals surface area contributed by atoms with Crippen LogP contribution in [0.15, 0.2) is 53.5 Å². The van der Waals surface area contributed by atoms with Gasteiger partial charge in [-0.25, -0.2) is 13.6 Å². The summed E-state index contributed by atoms with van der Waals surface area (Å²) in [6.07, 6.45) is 1.28. The van der Waals surface area contributed by atoms with Crippen LogP contribution in [-0.4, -0.2) is 53.7 Å². The van der Waals surface area contributed by atoms with Crippen LogP contribution in [0.4, 0.5) is 19.3 Å². The molecule has 2 amide bonds. The van der Waals surface area contributed by atoms with Gasteiger partial charge >= 0.3 is 6.03 Å². The van der Waals surface area contributed by atoms with Crippen molar-refractivity contribution in [2.24, 2.45) is 4.99 Å². The number of urea groups is 1. The van der Waals surface area contributed by atoms with Crippen molar-refractivity contribution in [3.8, 4) is 5.75 Å². The largest absolute Gasteiger partial charge is 0.491 e. The van der Waals surface area contributed by atoms with E-state index in [9.17, 15) is 13.6 Å². The molecule has 6 nitrogen and oxygen atoms in total. The van der Waals surface area contributed by atoms with Gasteiger partial charge in [0.15, 0.2) is 0 Å². The number of nitrogens with one attached hydrogen (secondary N) is 1. The van der Waals surface area contributed by atoms with Crippen molar-refractivity contribution in [3.05, 3.63) is 59.9 Å². The van der Waals surface area contributed by atoms with Gasteiger partial charge in [-0.15, -0.1) is 0 Å². The lowest BCUT2D eigenvalue weighted by molar-refractivity contribution is 0.123. The smallest absolute Gasteiger partial charge is 0.328 e. The molecule has 8 heteroatoms. The molecule has 35 heavy (non-hydrogen) atoms. The van der Waals surface area contributed by atoms with Gasteiger partial charge in [0.2, 0.25) is 0 Å². The second-order valence-corrected chi connectivity index (χ2v) is 9.85. The molecule has 2 fully saturated rings. The van der Waals surface area contributed by atoms with E-state index in [0.29, 0.717) is 30.9 Å². The van der Waals surface area contributed by atoms with Gasteiger partial charge in [-0.3, -0.25) is 20.1 Å². The third-order valence-corrected chi connectivity index (χ3v) is 6.66. The Labute approximate surface area is 206 Å². The van der Waals surface area contributed by atoms with Crippen molar-refractivity contribution in [1.82, 2.24) is 10.2 Å². The lowest BCUT2D eigenvalue weighted by Gasteiger charge is -2.47. The number of piperidine rings is 1. The van der Waals surface area contributed by atoms with E-state index in [-0.39, 0.29) is 18.2 Å². The summed E-state index contributed by atoms with van der Waals surface area (Å²) in [5.41, 5.74) is 0.834. The van der Waals surface area contributed by atoms with Crippen molar-refractivity contribution in [2.45, 2.75) is 70.8 Å². The number of amidine groups is 1. The van der Waals surface area contributed by atoms with Crippen LogP contribution >= 0.6 is 0 Å². The minimum Gasteiger partial charge on any atom is -0.491 e. The molecule has 0 saturated carbocycles. The Hall–Kier alpha value is -3.00. The lowest BCUT2D eigenvalue weighted by atomic mass is 9.81. The fraction of sp³-hybridized carbons (Fsp3) is 0.481. The Balaban J connectivity index is 1.62. The normalized spacial score (nSPS) is 24.9. The van der Waals surface area contributed by atoms with E-state index in [1.54, 1.807) is 24.0 Å². The number of ether oxygens (including phenoxy) is 1. The Morgan fingerprint density at radius 2 is 1.97 bits per heavy atom. The molecule has 0 aromatic heterocycles. The highest BCUT2D eigenvalue weighted by atomic mass is 19.1. The maximum atomic E-state index is 14.1. The Kier molecular flexibility index (Phi) is 7.40. The average Bonchev–Trinajstić information content (AvgIpc) is 3.05. The molecule has 1 spiro atoms. The fourth-order valence-electron chi connectivity index (χ4n) is 5.11. The molecule has 1 N–H and O–H groups in total. The topological polar surface area (TPSA) is 57.2 Å². The second kappa shape index (κ2) is 10.3. The van der Waals surface area contributed by atoms with Gasteiger partial charge in [0.25, 0.3) is 0 Å². The molecule has 2 saturated heterocycles. The average molecular weight is 485 g/mol. The summed E-state index contributed by atoms with van der Waals surface area (Å²) in [7, 11) is 0. The van der Waals surface area contributed by atoms with Crippen LogP contribution in [0.2, 0.25) is 0 Å². The molecule has 4 rings (SSSR count). The first-order chi connectivity index (χ1) is 16.7. The minimum absolute atomic E-state index is 0.0908. The molecule has 2 aromatic rings. The quantitative estimate of drug-likeness (QED) is 0.579. The number of halogens is 2. The van der Waals surface area contributed by atoms with Crippen molar-refractivity contribution in [1.29, 1.82) is 0 Å². The van der Waals surface area contributed by atoms with Gasteiger partial charge in [0.05, 0.1) is 12.1 Å². The standard InChI is InChI=1S/C27H34F2N4O2/c1-18(2)35-24-10-5-7-21(13-24)17-32-12-11-27(15-20(32)4)25(30-19(3)16-28)31-26(34)33(27)23-9-6-8-22(29)14-23/h5-10,13-14,18-20H,11-12,15-17H2,1-4H3,(H,30,31,34). The summed E-state index contributed by atoms with van der Waals surface area (Å²) in [6, 6.07) is 13.3. The van der Waals surface area contributed by atoms with Crippen LogP contribution in [0.1, 0.15) is 46.1 Å². The van der Waals surface area contributed by atoms with Crippen molar-refractivity contribution < 1.29 is 18.3 Å². The van der Waals surface area contributed by atoms with E-state index in [4.69, 9.17) is 4.74 Å². The van der Waals surface area contributed by atoms with Crippen LogP contribution in [0.3, 0.4) is 0 Å². The molecule has 3 atom stereocenters. The summed E-state index contributed by atoms with van der Waals surface area (Å²) in [4.78, 5) is 21.7. The predicted octanol–water partition coefficient (Wildman–Crippen LogP) is 5.32. The van der Waals surface area contributed by atoms with Crippen molar-refractivity contribution in [3.63, 3.8) is 0 Å². The number of carbonyl (C=O) groups excluding carboxylic acids is 1. The Bertz CT molecular complexity index is 1090. The first-order valence-corrected chi connectivity index (χ1v) is 12.2. The number of carbonyl (C=O) groups is 1. The maximum Gasteiger partial charge on any atom is 0.328 e. The van der Waals surface area contributed by atoms with Gasteiger partial charge in [-0.1, -0.05) is 18.2 Å². The third-order valence-electron chi connectivity index (χ3n) is 6.66. The van der Waals surface area contributed by atoms with E-state index in [1.807, 2.05) is 26.0 Å². The third kappa shape index (κ3) is 5.32. The molecule has 2 heterocycles. The SMILES string of the molecule is CC(CF)N=C1NC(=O)N(c2cccc(F)c2)C12CCN(Cc1cccc(OC(C)C)c1)C(C)C2. The maximum absolute atomic E-state index is 14.1. The van der Waals surface area contributed by atoms with Gasteiger partial charge in [-0.2, -0.15) is 0 Å². The van der Waals surface area contributed by atoms with Gasteiger partial charge < -0.3 is 4.74 Å². The summed E-state index contributed by atoms with van der Waals surface area (Å²) < 4.78 is 33.3. The van der Waals surface area contributed by atoms with Crippen LogP contribution in [0.25, 0.3) is 0 Å². The molecular formula is C27H34F2N4O2. The molecule has 0 radical (unpaired) electrons. The van der Waals surface area contributed by atoms with Crippen LogP contribution in [0.5, 0.6) is 5.75 Å². The first-order valence-electron chi connectivity index (χ1n) is 12.2. The highest BCUT2D eigenvalue weighted by Crippen LogP contribution is 2.40. The summed E-state index contributed by atoms with van der Waals surface area (Å²) in [5.74, 6) is 0.897. The number of alkyl halides is 1.